The standard InChI is InChI=1S/C53H75N5O16/c1-10-30-24(2)32-21-37-41(29(7)70-17-12-18-72-53-50(67)48(65)46(63)39(23-60)74-53)26(4)34(55-37)19-33-25(3)31(43(56-33)28(6)44-42(51(68)69-9)27(5)35(57-44)20-36(30)54-32)13-14-40(61)58(8)15-11-16-71-52-49(66)47(64)45(62)38(22-59)73-52/h19-21,25,29,31,38-39,45-50,52-54,57,59-60,62-67H,10-18,22-23H2,1-9H3/t25-,29?,31-,38+,39+,45+,46+,47-,48-,49+,50+,52+,53+/m0/s1. The second-order valence-corrected chi connectivity index (χ2v) is 19.8. The van der Waals surface area contributed by atoms with Crippen molar-refractivity contribution in [1.82, 2.24) is 24.8 Å². The number of ether oxygens (including phenoxy) is 6. The van der Waals surface area contributed by atoms with E-state index in [0.717, 1.165) is 44.6 Å². The van der Waals surface area contributed by atoms with Gasteiger partial charge in [-0.1, -0.05) is 13.8 Å². The molecule has 408 valence electrons. The van der Waals surface area contributed by atoms with Crippen LogP contribution < -0.4 is 0 Å². The fourth-order valence-electron chi connectivity index (χ4n) is 10.5. The number of nitrogens with zero attached hydrogens (tertiary/aromatic N) is 3. The topological polar surface area (TPSA) is 312 Å². The second kappa shape index (κ2) is 24.5. The van der Waals surface area contributed by atoms with Gasteiger partial charge in [0.25, 0.3) is 0 Å². The molecule has 3 aromatic heterocycles. The number of rotatable bonds is 19. The van der Waals surface area contributed by atoms with Gasteiger partial charge in [0.1, 0.15) is 48.8 Å². The van der Waals surface area contributed by atoms with Crippen molar-refractivity contribution >= 4 is 45.1 Å². The van der Waals surface area contributed by atoms with Crippen LogP contribution in [0.15, 0.2) is 18.2 Å². The van der Waals surface area contributed by atoms with Gasteiger partial charge in [0.05, 0.1) is 62.1 Å². The van der Waals surface area contributed by atoms with Gasteiger partial charge >= 0.3 is 5.97 Å². The van der Waals surface area contributed by atoms with Crippen LogP contribution in [0.3, 0.4) is 0 Å². The smallest absolute Gasteiger partial charge is 0.340 e. The van der Waals surface area contributed by atoms with Crippen molar-refractivity contribution in [1.29, 1.82) is 0 Å². The van der Waals surface area contributed by atoms with Crippen molar-refractivity contribution in [3.8, 4) is 0 Å². The van der Waals surface area contributed by atoms with Crippen LogP contribution in [-0.2, 0) is 39.6 Å². The van der Waals surface area contributed by atoms with Gasteiger partial charge < -0.3 is 84.1 Å². The summed E-state index contributed by atoms with van der Waals surface area (Å²) in [5, 5.41) is 80.5. The SMILES string of the molecule is CCc1c(C)c2cc3nc(cc4nc(c(C)c5[nH]c(cc1[nH]2)c(C)c5C(=O)OC)[C@@H](CCC(=O)N(C)CCCO[C@@H]1O[C@H](CO)[C@@H](O)[C@H](O)[C@H]1O)[C@@H]4C)C(C)=C3C(C)OCCCO[C@@H]1O[C@H](CO)[C@@H](O)[C@H](O)[C@H]1O. The third-order valence-corrected chi connectivity index (χ3v) is 15.1. The van der Waals surface area contributed by atoms with Crippen molar-refractivity contribution in [2.24, 2.45) is 0 Å². The summed E-state index contributed by atoms with van der Waals surface area (Å²) in [5.74, 6) is -1.09. The number of hydrogen-bond acceptors (Lipinski definition) is 18. The van der Waals surface area contributed by atoms with Crippen molar-refractivity contribution < 1.29 is 78.9 Å². The van der Waals surface area contributed by atoms with Gasteiger partial charge in [0, 0.05) is 72.0 Å². The zero-order valence-electron chi connectivity index (χ0n) is 43.7. The molecule has 1 unspecified atom stereocenters. The lowest BCUT2D eigenvalue weighted by Crippen LogP contribution is -2.59. The maximum absolute atomic E-state index is 13.8. The predicted octanol–water partition coefficient (Wildman–Crippen LogP) is 2.46. The van der Waals surface area contributed by atoms with Crippen LogP contribution in [-0.4, -0.2) is 199 Å². The highest BCUT2D eigenvalue weighted by Crippen LogP contribution is 2.43. The molecule has 4 aliphatic heterocycles. The molecule has 1 amide bonds. The molecule has 4 aliphatic rings. The summed E-state index contributed by atoms with van der Waals surface area (Å²) in [7, 11) is 3.05. The first-order valence-electron chi connectivity index (χ1n) is 25.5. The molecule has 2 saturated heterocycles. The van der Waals surface area contributed by atoms with E-state index in [1.165, 1.54) is 7.11 Å². The molecule has 13 atom stereocenters. The minimum absolute atomic E-state index is 0.0612. The Morgan fingerprint density at radius 3 is 1.96 bits per heavy atom. The lowest BCUT2D eigenvalue weighted by molar-refractivity contribution is -0.301. The highest BCUT2D eigenvalue weighted by Gasteiger charge is 2.45. The average Bonchev–Trinajstić information content (AvgIpc) is 4.08. The number of methoxy groups -OCH3 is 1. The molecule has 0 saturated carbocycles. The molecule has 0 aromatic carbocycles. The highest BCUT2D eigenvalue weighted by molar-refractivity contribution is 6.03. The molecule has 0 radical (unpaired) electrons. The molecule has 74 heavy (non-hydrogen) atoms. The van der Waals surface area contributed by atoms with E-state index in [2.05, 4.69) is 30.7 Å². The summed E-state index contributed by atoms with van der Waals surface area (Å²) >= 11 is 0. The molecule has 8 bridgehead atoms. The fourth-order valence-corrected chi connectivity index (χ4v) is 10.5. The zero-order chi connectivity index (χ0) is 53.9. The molecule has 21 nitrogen and oxygen atoms in total. The number of esters is 1. The van der Waals surface area contributed by atoms with Crippen LogP contribution in [0.2, 0.25) is 0 Å². The highest BCUT2D eigenvalue weighted by atomic mass is 16.7. The summed E-state index contributed by atoms with van der Waals surface area (Å²) in [6.07, 6.45) is -12.2. The Balaban J connectivity index is 1.19. The number of hydrogen-bond donors (Lipinski definition) is 10. The first-order valence-corrected chi connectivity index (χ1v) is 25.5. The summed E-state index contributed by atoms with van der Waals surface area (Å²) in [4.78, 5) is 46.8. The fraction of sp³-hybridized carbons (Fsp3) is 0.623. The molecule has 0 spiro atoms. The van der Waals surface area contributed by atoms with E-state index < -0.39 is 86.7 Å². The Labute approximate surface area is 430 Å². The van der Waals surface area contributed by atoms with Gasteiger partial charge in [0.2, 0.25) is 5.91 Å². The third-order valence-electron chi connectivity index (χ3n) is 15.1. The number of carbonyl (C=O) groups is 2. The zero-order valence-corrected chi connectivity index (χ0v) is 43.7. The van der Waals surface area contributed by atoms with Gasteiger partial charge in [0.15, 0.2) is 12.6 Å². The van der Waals surface area contributed by atoms with E-state index in [1.807, 2.05) is 45.9 Å². The van der Waals surface area contributed by atoms with Crippen LogP contribution in [0.5, 0.6) is 0 Å². The molecule has 10 N–H and O–H groups in total. The third kappa shape index (κ3) is 11.7. The van der Waals surface area contributed by atoms with E-state index in [0.29, 0.717) is 71.5 Å². The van der Waals surface area contributed by atoms with Crippen LogP contribution in [0.25, 0.3) is 33.2 Å². The number of aryl methyl sites for hydroxylation is 4. The second-order valence-electron chi connectivity index (χ2n) is 19.8. The minimum atomic E-state index is -1.56. The lowest BCUT2D eigenvalue weighted by atomic mass is 9.85. The summed E-state index contributed by atoms with van der Waals surface area (Å²) in [6.45, 7) is 13.5. The Morgan fingerprint density at radius 2 is 1.36 bits per heavy atom. The van der Waals surface area contributed by atoms with Crippen molar-refractivity contribution in [3.05, 3.63) is 68.8 Å². The van der Waals surface area contributed by atoms with Crippen molar-refractivity contribution in [3.63, 3.8) is 0 Å². The van der Waals surface area contributed by atoms with Gasteiger partial charge in [-0.25, -0.2) is 9.78 Å². The minimum Gasteiger partial charge on any atom is -0.465 e. The maximum Gasteiger partial charge on any atom is 0.340 e. The number of allylic oxidation sites excluding steroid dienone is 1. The number of nitrogens with one attached hydrogen (secondary N) is 2. The average molecular weight is 1040 g/mol. The molecular weight excluding hydrogens is 963 g/mol. The maximum atomic E-state index is 13.8. The van der Waals surface area contributed by atoms with E-state index in [9.17, 15) is 50.4 Å². The van der Waals surface area contributed by atoms with Crippen molar-refractivity contribution in [2.45, 2.75) is 160 Å². The van der Waals surface area contributed by atoms with E-state index >= 15 is 0 Å². The van der Waals surface area contributed by atoms with Crippen LogP contribution >= 0.6 is 0 Å². The Hall–Kier alpha value is -4.72. The molecule has 7 rings (SSSR count). The van der Waals surface area contributed by atoms with E-state index in [4.69, 9.17) is 38.4 Å². The number of amides is 1. The Kier molecular flexibility index (Phi) is 18.9. The summed E-state index contributed by atoms with van der Waals surface area (Å²) < 4.78 is 34.1. The van der Waals surface area contributed by atoms with E-state index in [1.54, 1.807) is 11.9 Å². The van der Waals surface area contributed by atoms with Gasteiger partial charge in [-0.2, -0.15) is 0 Å². The predicted molar refractivity (Wildman–Crippen MR) is 271 cm³/mol. The van der Waals surface area contributed by atoms with Crippen molar-refractivity contribution in [2.75, 3.05) is 53.7 Å². The van der Waals surface area contributed by atoms with E-state index in [-0.39, 0.29) is 44.0 Å². The number of carbonyl (C=O) groups excluding carboxylic acids is 2. The number of aromatic nitrogens is 4. The molecule has 3 aromatic rings. The van der Waals surface area contributed by atoms with Crippen LogP contribution in [0.4, 0.5) is 0 Å². The number of aromatic amines is 2. The largest absolute Gasteiger partial charge is 0.465 e. The summed E-state index contributed by atoms with van der Waals surface area (Å²) in [5.41, 5.74) is 11.5. The molecule has 7 heterocycles. The number of aliphatic hydroxyl groups is 8. The van der Waals surface area contributed by atoms with Crippen LogP contribution in [0, 0.1) is 20.8 Å². The molecular formula is C53H75N5O16. The van der Waals surface area contributed by atoms with Crippen LogP contribution in [0.1, 0.15) is 121 Å². The monoisotopic (exact) mass is 1040 g/mol. The quantitative estimate of drug-likeness (QED) is 0.0609. The number of aliphatic hydroxyl groups excluding tert-OH is 8. The molecule has 0 aliphatic carbocycles. The van der Waals surface area contributed by atoms with Gasteiger partial charge in [-0.05, 0) is 106 Å². The Bertz CT molecular complexity index is 2680. The lowest BCUT2D eigenvalue weighted by Gasteiger charge is -2.39. The van der Waals surface area contributed by atoms with Gasteiger partial charge in [-0.15, -0.1) is 0 Å². The van der Waals surface area contributed by atoms with Gasteiger partial charge in [-0.3, -0.25) is 9.78 Å². The number of H-pyrrole nitrogens is 2. The normalized spacial score (nSPS) is 27.6. The molecule has 2 fully saturated rings. The molecule has 21 heteroatoms. The summed E-state index contributed by atoms with van der Waals surface area (Å²) in [6, 6.07) is 6.01. The first-order chi connectivity index (χ1) is 35.3. The number of fused-ring (bicyclic) bond motifs is 8. The Morgan fingerprint density at radius 1 is 0.757 bits per heavy atom. The first kappa shape index (κ1) is 57.0.